The largest absolute Gasteiger partial charge is 0.490 e. The number of ether oxygens (including phenoxy) is 2. The van der Waals surface area contributed by atoms with Gasteiger partial charge in [0.2, 0.25) is 0 Å². The highest BCUT2D eigenvalue weighted by Gasteiger charge is 2.19. The SMILES string of the molecule is COc1ccc(C(=O)OCc2cc(=O)n3ccsc3n2)cc1[N+](=O)[O-]. The van der Waals surface area contributed by atoms with Gasteiger partial charge in [-0.2, -0.15) is 0 Å². The van der Waals surface area contributed by atoms with Crippen molar-refractivity contribution in [3.63, 3.8) is 0 Å². The summed E-state index contributed by atoms with van der Waals surface area (Å²) in [6, 6.07) is 5.02. The van der Waals surface area contributed by atoms with Gasteiger partial charge in [0.05, 0.1) is 23.3 Å². The van der Waals surface area contributed by atoms with Gasteiger partial charge in [-0.05, 0) is 12.1 Å². The average molecular weight is 361 g/mol. The van der Waals surface area contributed by atoms with Crippen LogP contribution >= 0.6 is 11.3 Å². The molecule has 1 aromatic carbocycles. The maximum atomic E-state index is 12.1. The highest BCUT2D eigenvalue weighted by atomic mass is 32.1. The predicted octanol–water partition coefficient (Wildman–Crippen LogP) is 2.03. The Hall–Kier alpha value is -3.27. The van der Waals surface area contributed by atoms with E-state index in [-0.39, 0.29) is 29.2 Å². The average Bonchev–Trinajstić information content (AvgIpc) is 3.08. The third-order valence-electron chi connectivity index (χ3n) is 3.32. The van der Waals surface area contributed by atoms with E-state index in [0.29, 0.717) is 10.7 Å². The van der Waals surface area contributed by atoms with E-state index in [4.69, 9.17) is 9.47 Å². The molecule has 0 aliphatic rings. The normalized spacial score (nSPS) is 10.6. The van der Waals surface area contributed by atoms with Crippen LogP contribution in [0.1, 0.15) is 16.1 Å². The maximum Gasteiger partial charge on any atom is 0.338 e. The van der Waals surface area contributed by atoms with E-state index in [9.17, 15) is 19.7 Å². The first-order chi connectivity index (χ1) is 12.0. The molecule has 0 spiro atoms. The number of fused-ring (bicyclic) bond motifs is 1. The Bertz CT molecular complexity index is 1030. The summed E-state index contributed by atoms with van der Waals surface area (Å²) in [6.07, 6.45) is 1.60. The van der Waals surface area contributed by atoms with Gasteiger partial charge in [0, 0.05) is 23.7 Å². The Balaban J connectivity index is 1.79. The van der Waals surface area contributed by atoms with Crippen molar-refractivity contribution in [1.82, 2.24) is 9.38 Å². The van der Waals surface area contributed by atoms with E-state index in [1.54, 1.807) is 11.6 Å². The lowest BCUT2D eigenvalue weighted by Gasteiger charge is -2.06. The van der Waals surface area contributed by atoms with Crippen LogP contribution in [0.5, 0.6) is 5.75 Å². The summed E-state index contributed by atoms with van der Waals surface area (Å²) in [5.41, 5.74) is -0.323. The summed E-state index contributed by atoms with van der Waals surface area (Å²) in [4.78, 5) is 39.0. The number of nitrogens with zero attached hydrogens (tertiary/aromatic N) is 3. The molecule has 0 aliphatic heterocycles. The molecule has 0 atom stereocenters. The Morgan fingerprint density at radius 2 is 2.20 bits per heavy atom. The molecule has 0 radical (unpaired) electrons. The van der Waals surface area contributed by atoms with Gasteiger partial charge in [-0.3, -0.25) is 19.3 Å². The topological polar surface area (TPSA) is 113 Å². The number of rotatable bonds is 5. The number of benzene rings is 1. The molecular formula is C15H11N3O6S. The molecule has 25 heavy (non-hydrogen) atoms. The molecule has 3 aromatic rings. The molecule has 0 aliphatic carbocycles. The minimum absolute atomic E-state index is 0.00132. The van der Waals surface area contributed by atoms with Gasteiger partial charge < -0.3 is 9.47 Å². The number of aromatic nitrogens is 2. The summed E-state index contributed by atoms with van der Waals surface area (Å²) in [5, 5.41) is 12.7. The molecule has 0 saturated heterocycles. The molecule has 2 aromatic heterocycles. The van der Waals surface area contributed by atoms with Crippen molar-refractivity contribution < 1.29 is 19.2 Å². The van der Waals surface area contributed by atoms with E-state index in [1.807, 2.05) is 0 Å². The van der Waals surface area contributed by atoms with Crippen molar-refractivity contribution >= 4 is 28.0 Å². The van der Waals surface area contributed by atoms with Gasteiger partial charge in [0.15, 0.2) is 10.7 Å². The summed E-state index contributed by atoms with van der Waals surface area (Å²) in [6.45, 7) is -0.220. The van der Waals surface area contributed by atoms with E-state index in [0.717, 1.165) is 6.07 Å². The van der Waals surface area contributed by atoms with Crippen LogP contribution in [0.3, 0.4) is 0 Å². The van der Waals surface area contributed by atoms with Crippen molar-refractivity contribution in [3.8, 4) is 5.75 Å². The molecule has 0 fully saturated rings. The number of nitro benzene ring substituents is 1. The van der Waals surface area contributed by atoms with Gasteiger partial charge in [-0.15, -0.1) is 11.3 Å². The number of nitro groups is 1. The van der Waals surface area contributed by atoms with Crippen molar-refractivity contribution in [2.75, 3.05) is 7.11 Å². The third-order valence-corrected chi connectivity index (χ3v) is 4.08. The van der Waals surface area contributed by atoms with Gasteiger partial charge in [-0.1, -0.05) is 0 Å². The van der Waals surface area contributed by atoms with Gasteiger partial charge in [-0.25, -0.2) is 9.78 Å². The van der Waals surface area contributed by atoms with Crippen molar-refractivity contribution in [2.45, 2.75) is 6.61 Å². The standard InChI is InChI=1S/C15H11N3O6S/c1-23-12-3-2-9(6-11(12)18(21)22)14(20)24-8-10-7-13(19)17-4-5-25-15(17)16-10/h2-7H,8H2,1H3. The summed E-state index contributed by atoms with van der Waals surface area (Å²) in [5.74, 6) is -0.724. The number of thiazole rings is 1. The molecular weight excluding hydrogens is 350 g/mol. The van der Waals surface area contributed by atoms with Gasteiger partial charge in [0.25, 0.3) is 5.56 Å². The Morgan fingerprint density at radius 3 is 2.92 bits per heavy atom. The number of esters is 1. The zero-order valence-electron chi connectivity index (χ0n) is 12.9. The number of hydrogen-bond acceptors (Lipinski definition) is 8. The summed E-state index contributed by atoms with van der Waals surface area (Å²) >= 11 is 1.28. The van der Waals surface area contributed by atoms with Crippen molar-refractivity contribution in [2.24, 2.45) is 0 Å². The minimum Gasteiger partial charge on any atom is -0.490 e. The molecule has 9 nitrogen and oxygen atoms in total. The highest BCUT2D eigenvalue weighted by molar-refractivity contribution is 7.15. The third kappa shape index (κ3) is 3.33. The predicted molar refractivity (Wildman–Crippen MR) is 88.1 cm³/mol. The molecule has 3 rings (SSSR count). The summed E-state index contributed by atoms with van der Waals surface area (Å²) < 4.78 is 11.3. The van der Waals surface area contributed by atoms with Crippen LogP contribution in [0.25, 0.3) is 4.96 Å². The van der Waals surface area contributed by atoms with Gasteiger partial charge in [0.1, 0.15) is 6.61 Å². The first kappa shape index (κ1) is 16.6. The van der Waals surface area contributed by atoms with Crippen LogP contribution < -0.4 is 10.3 Å². The van der Waals surface area contributed by atoms with Crippen molar-refractivity contribution in [1.29, 1.82) is 0 Å². The number of carbonyl (C=O) groups is 1. The second-order valence-electron chi connectivity index (χ2n) is 4.86. The van der Waals surface area contributed by atoms with Crippen LogP contribution in [-0.2, 0) is 11.3 Å². The fraction of sp³-hybridized carbons (Fsp3) is 0.133. The van der Waals surface area contributed by atoms with Crippen LogP contribution in [0.15, 0.2) is 40.6 Å². The Morgan fingerprint density at radius 1 is 1.40 bits per heavy atom. The minimum atomic E-state index is -0.765. The molecule has 0 saturated carbocycles. The zero-order valence-corrected chi connectivity index (χ0v) is 13.7. The second kappa shape index (κ2) is 6.69. The Labute approximate surface area is 144 Å². The Kier molecular flexibility index (Phi) is 4.44. The smallest absolute Gasteiger partial charge is 0.338 e. The lowest BCUT2D eigenvalue weighted by Crippen LogP contribution is -2.14. The molecule has 0 unspecified atom stereocenters. The number of carbonyl (C=O) groups excluding carboxylic acids is 1. The molecule has 0 amide bonds. The molecule has 128 valence electrons. The first-order valence-corrected chi connectivity index (χ1v) is 7.83. The van der Waals surface area contributed by atoms with E-state index in [2.05, 4.69) is 4.98 Å². The quantitative estimate of drug-likeness (QED) is 0.388. The lowest BCUT2D eigenvalue weighted by molar-refractivity contribution is -0.385. The van der Waals surface area contributed by atoms with E-state index in [1.165, 1.54) is 41.0 Å². The van der Waals surface area contributed by atoms with Crippen LogP contribution in [0, 0.1) is 10.1 Å². The number of methoxy groups -OCH3 is 1. The fourth-order valence-corrected chi connectivity index (χ4v) is 2.88. The summed E-state index contributed by atoms with van der Waals surface area (Å²) in [7, 11) is 1.30. The fourth-order valence-electron chi connectivity index (χ4n) is 2.14. The van der Waals surface area contributed by atoms with Crippen LogP contribution in [-0.4, -0.2) is 27.4 Å². The molecule has 10 heteroatoms. The highest BCUT2D eigenvalue weighted by Crippen LogP contribution is 2.27. The van der Waals surface area contributed by atoms with Gasteiger partial charge >= 0.3 is 11.7 Å². The van der Waals surface area contributed by atoms with E-state index >= 15 is 0 Å². The molecule has 0 bridgehead atoms. The number of hydrogen-bond donors (Lipinski definition) is 0. The van der Waals surface area contributed by atoms with Crippen LogP contribution in [0.4, 0.5) is 5.69 Å². The monoisotopic (exact) mass is 361 g/mol. The van der Waals surface area contributed by atoms with E-state index < -0.39 is 10.9 Å². The van der Waals surface area contributed by atoms with Crippen molar-refractivity contribution in [3.05, 3.63) is 67.6 Å². The second-order valence-corrected chi connectivity index (χ2v) is 5.73. The van der Waals surface area contributed by atoms with Crippen LogP contribution in [0.2, 0.25) is 0 Å². The zero-order chi connectivity index (χ0) is 18.0. The molecule has 0 N–H and O–H groups in total. The first-order valence-electron chi connectivity index (χ1n) is 6.95. The lowest BCUT2D eigenvalue weighted by atomic mass is 10.2. The molecule has 2 heterocycles. The maximum absolute atomic E-state index is 12.1.